The van der Waals surface area contributed by atoms with Crippen LogP contribution < -0.4 is 10.6 Å². The topological polar surface area (TPSA) is 58.2 Å². The van der Waals surface area contributed by atoms with Gasteiger partial charge in [-0.1, -0.05) is 22.0 Å². The van der Waals surface area contributed by atoms with Crippen molar-refractivity contribution in [3.05, 3.63) is 69.8 Å². The summed E-state index contributed by atoms with van der Waals surface area (Å²) < 4.78 is 0.960. The minimum atomic E-state index is -0.172. The Morgan fingerprint density at radius 3 is 2.46 bits per heavy atom. The van der Waals surface area contributed by atoms with Gasteiger partial charge in [0, 0.05) is 39.1 Å². The maximum Gasteiger partial charge on any atom is 0.255 e. The number of hydrogen-bond donors (Lipinski definition) is 2. The van der Waals surface area contributed by atoms with E-state index in [1.807, 2.05) is 43.3 Å². The predicted molar refractivity (Wildman–Crippen MR) is 99.1 cm³/mol. The predicted octanol–water partition coefficient (Wildman–Crippen LogP) is 4.75. The summed E-state index contributed by atoms with van der Waals surface area (Å²) in [6, 6.07) is 14.7. The summed E-state index contributed by atoms with van der Waals surface area (Å²) in [6.07, 6.45) is 1.28. The van der Waals surface area contributed by atoms with Crippen molar-refractivity contribution in [1.29, 1.82) is 0 Å². The quantitative estimate of drug-likeness (QED) is 0.799. The molecule has 0 heterocycles. The number of ketones is 1. The Labute approximate surface area is 149 Å². The smallest absolute Gasteiger partial charge is 0.255 e. The lowest BCUT2D eigenvalue weighted by atomic mass is 10.1. The molecule has 0 saturated carbocycles. The normalized spacial score (nSPS) is 14.0. The van der Waals surface area contributed by atoms with E-state index in [0.717, 1.165) is 33.5 Å². The van der Waals surface area contributed by atoms with Gasteiger partial charge in [0.05, 0.1) is 0 Å². The van der Waals surface area contributed by atoms with Crippen LogP contribution in [-0.4, -0.2) is 11.7 Å². The Kier molecular flexibility index (Phi) is 4.81. The number of nitrogens with one attached hydrogen (secondary N) is 2. The highest BCUT2D eigenvalue weighted by Gasteiger charge is 2.19. The zero-order valence-electron chi connectivity index (χ0n) is 13.2. The van der Waals surface area contributed by atoms with Crippen LogP contribution in [0.25, 0.3) is 0 Å². The van der Waals surface area contributed by atoms with Crippen molar-refractivity contribution in [3.63, 3.8) is 0 Å². The van der Waals surface area contributed by atoms with Crippen molar-refractivity contribution in [1.82, 2.24) is 0 Å². The standard InChI is InChI=1S/C19H17BrN2O2/c1-12-17(9-10-18(12)23)21-16-4-2-3-13(11-16)19(24)22-15-7-5-14(20)6-8-15/h2-8,11,21H,9-10H2,1H3,(H,22,24). The van der Waals surface area contributed by atoms with Crippen molar-refractivity contribution < 1.29 is 9.59 Å². The summed E-state index contributed by atoms with van der Waals surface area (Å²) in [5.74, 6) is 0.0100. The third-order valence-corrected chi connectivity index (χ3v) is 4.52. The molecule has 122 valence electrons. The Morgan fingerprint density at radius 1 is 1.04 bits per heavy atom. The largest absolute Gasteiger partial charge is 0.359 e. The second-order valence-electron chi connectivity index (χ2n) is 5.69. The number of rotatable bonds is 4. The van der Waals surface area contributed by atoms with Crippen LogP contribution in [0.15, 0.2) is 64.3 Å². The third-order valence-electron chi connectivity index (χ3n) is 4.00. The summed E-state index contributed by atoms with van der Waals surface area (Å²) in [5.41, 5.74) is 3.82. The first-order chi connectivity index (χ1) is 11.5. The van der Waals surface area contributed by atoms with Crippen LogP contribution in [0.5, 0.6) is 0 Å². The van der Waals surface area contributed by atoms with E-state index >= 15 is 0 Å². The molecule has 0 aliphatic heterocycles. The van der Waals surface area contributed by atoms with Gasteiger partial charge >= 0.3 is 0 Å². The summed E-state index contributed by atoms with van der Waals surface area (Å²) in [4.78, 5) is 24.0. The molecule has 0 radical (unpaired) electrons. The summed E-state index contributed by atoms with van der Waals surface area (Å²) in [6.45, 7) is 1.84. The van der Waals surface area contributed by atoms with Crippen LogP contribution in [0, 0.1) is 0 Å². The Bertz CT molecular complexity index is 826. The first-order valence-electron chi connectivity index (χ1n) is 7.70. The molecule has 2 aromatic carbocycles. The molecule has 0 spiro atoms. The molecule has 0 saturated heterocycles. The average molecular weight is 385 g/mol. The number of benzene rings is 2. The summed E-state index contributed by atoms with van der Waals surface area (Å²) >= 11 is 3.37. The van der Waals surface area contributed by atoms with Crippen LogP contribution in [0.3, 0.4) is 0 Å². The molecule has 0 fully saturated rings. The zero-order chi connectivity index (χ0) is 17.1. The molecule has 0 unspecified atom stereocenters. The van der Waals surface area contributed by atoms with Gasteiger partial charge in [0.25, 0.3) is 5.91 Å². The Balaban J connectivity index is 1.74. The minimum absolute atomic E-state index is 0.172. The van der Waals surface area contributed by atoms with Gasteiger partial charge in [-0.2, -0.15) is 0 Å². The van der Waals surface area contributed by atoms with E-state index in [4.69, 9.17) is 0 Å². The molecule has 24 heavy (non-hydrogen) atoms. The van der Waals surface area contributed by atoms with Gasteiger partial charge in [0.1, 0.15) is 0 Å². The van der Waals surface area contributed by atoms with Crippen molar-refractivity contribution in [2.24, 2.45) is 0 Å². The van der Waals surface area contributed by atoms with Gasteiger partial charge in [-0.05, 0) is 55.8 Å². The lowest BCUT2D eigenvalue weighted by Crippen LogP contribution is -2.12. The van der Waals surface area contributed by atoms with E-state index in [0.29, 0.717) is 12.0 Å². The second-order valence-corrected chi connectivity index (χ2v) is 6.61. The second kappa shape index (κ2) is 7.01. The molecule has 1 aliphatic rings. The van der Waals surface area contributed by atoms with E-state index in [1.54, 1.807) is 12.1 Å². The van der Waals surface area contributed by atoms with E-state index in [9.17, 15) is 9.59 Å². The molecular formula is C19H17BrN2O2. The molecule has 1 aliphatic carbocycles. The molecule has 3 rings (SSSR count). The number of carbonyl (C=O) groups is 2. The summed E-state index contributed by atoms with van der Waals surface area (Å²) in [5, 5.41) is 6.13. The van der Waals surface area contributed by atoms with Crippen molar-refractivity contribution >= 4 is 39.0 Å². The maximum absolute atomic E-state index is 12.4. The third kappa shape index (κ3) is 3.74. The number of carbonyl (C=O) groups excluding carboxylic acids is 2. The van der Waals surface area contributed by atoms with Gasteiger partial charge in [-0.15, -0.1) is 0 Å². The first-order valence-corrected chi connectivity index (χ1v) is 8.49. The fourth-order valence-corrected chi connectivity index (χ4v) is 2.85. The lowest BCUT2D eigenvalue weighted by molar-refractivity contribution is -0.114. The van der Waals surface area contributed by atoms with Crippen molar-refractivity contribution in [2.45, 2.75) is 19.8 Å². The highest BCUT2D eigenvalue weighted by molar-refractivity contribution is 9.10. The first kappa shape index (κ1) is 16.5. The number of Topliss-reactive ketones (excluding diaryl/α,β-unsaturated/α-hetero) is 1. The zero-order valence-corrected chi connectivity index (χ0v) is 14.8. The van der Waals surface area contributed by atoms with Gasteiger partial charge in [0.2, 0.25) is 0 Å². The van der Waals surface area contributed by atoms with Crippen molar-refractivity contribution in [3.8, 4) is 0 Å². The molecule has 2 N–H and O–H groups in total. The fourth-order valence-electron chi connectivity index (χ4n) is 2.59. The highest BCUT2D eigenvalue weighted by Crippen LogP contribution is 2.25. The van der Waals surface area contributed by atoms with Crippen LogP contribution >= 0.6 is 15.9 Å². The number of allylic oxidation sites excluding steroid dienone is 2. The van der Waals surface area contributed by atoms with Crippen LogP contribution in [0.4, 0.5) is 11.4 Å². The van der Waals surface area contributed by atoms with Crippen LogP contribution in [-0.2, 0) is 4.79 Å². The molecule has 0 aromatic heterocycles. The minimum Gasteiger partial charge on any atom is -0.359 e. The van der Waals surface area contributed by atoms with Crippen LogP contribution in [0.2, 0.25) is 0 Å². The molecule has 0 bridgehead atoms. The number of hydrogen-bond acceptors (Lipinski definition) is 3. The van der Waals surface area contributed by atoms with Gasteiger partial charge in [-0.25, -0.2) is 0 Å². The molecule has 2 aromatic rings. The summed E-state index contributed by atoms with van der Waals surface area (Å²) in [7, 11) is 0. The number of amides is 1. The van der Waals surface area contributed by atoms with Crippen LogP contribution in [0.1, 0.15) is 30.1 Å². The molecule has 0 atom stereocenters. The van der Waals surface area contributed by atoms with Gasteiger partial charge in [0.15, 0.2) is 5.78 Å². The Morgan fingerprint density at radius 2 is 1.79 bits per heavy atom. The number of anilines is 2. The fraction of sp³-hybridized carbons (Fsp3) is 0.158. The Hall–Kier alpha value is -2.40. The maximum atomic E-state index is 12.4. The number of halogens is 1. The molecule has 5 heteroatoms. The molecule has 1 amide bonds. The SMILES string of the molecule is CC1=C(Nc2cccc(C(=O)Nc3ccc(Br)cc3)c2)CCC1=O. The highest BCUT2D eigenvalue weighted by atomic mass is 79.9. The van der Waals surface area contributed by atoms with E-state index < -0.39 is 0 Å². The van der Waals surface area contributed by atoms with Gasteiger partial charge < -0.3 is 10.6 Å². The van der Waals surface area contributed by atoms with E-state index in [1.165, 1.54) is 0 Å². The van der Waals surface area contributed by atoms with Gasteiger partial charge in [-0.3, -0.25) is 9.59 Å². The molecular weight excluding hydrogens is 368 g/mol. The van der Waals surface area contributed by atoms with E-state index in [2.05, 4.69) is 26.6 Å². The molecule has 4 nitrogen and oxygen atoms in total. The van der Waals surface area contributed by atoms with E-state index in [-0.39, 0.29) is 11.7 Å². The van der Waals surface area contributed by atoms with Crippen molar-refractivity contribution in [2.75, 3.05) is 10.6 Å². The monoisotopic (exact) mass is 384 g/mol. The average Bonchev–Trinajstić information content (AvgIpc) is 2.89. The lowest BCUT2D eigenvalue weighted by Gasteiger charge is -2.10.